The molecule has 0 aliphatic rings. The molecule has 0 bridgehead atoms. The van der Waals surface area contributed by atoms with Gasteiger partial charge in [0.15, 0.2) is 6.29 Å². The summed E-state index contributed by atoms with van der Waals surface area (Å²) in [6.07, 6.45) is 1.91. The number of ether oxygens (including phenoxy) is 1. The molecule has 20 heavy (non-hydrogen) atoms. The average Bonchev–Trinajstić information content (AvgIpc) is 2.43. The topological polar surface area (TPSA) is 82.3 Å². The number of hydrogen-bond donors (Lipinski definition) is 0. The summed E-state index contributed by atoms with van der Waals surface area (Å²) in [5.41, 5.74) is 0.0293. The number of rotatable bonds is 4. The molecule has 0 saturated heterocycles. The van der Waals surface area contributed by atoms with Crippen molar-refractivity contribution in [1.82, 2.24) is 4.98 Å². The SMILES string of the molecule is O=Cc1ccc(Oc2cc(Cl)c(Cl)cc2[N+](=O)[O-])nc1. The van der Waals surface area contributed by atoms with Crippen LogP contribution in [0.1, 0.15) is 10.4 Å². The number of aldehydes is 1. The van der Waals surface area contributed by atoms with Crippen molar-refractivity contribution < 1.29 is 14.5 Å². The molecule has 1 aromatic heterocycles. The molecule has 0 radical (unpaired) electrons. The lowest BCUT2D eigenvalue weighted by molar-refractivity contribution is -0.385. The number of benzene rings is 1. The van der Waals surface area contributed by atoms with Crippen molar-refractivity contribution in [2.24, 2.45) is 0 Å². The Morgan fingerprint density at radius 3 is 2.50 bits per heavy atom. The third-order valence-electron chi connectivity index (χ3n) is 2.31. The Bertz CT molecular complexity index is 674. The lowest BCUT2D eigenvalue weighted by Gasteiger charge is -2.06. The summed E-state index contributed by atoms with van der Waals surface area (Å²) in [5.74, 6) is 0.00726. The molecule has 102 valence electrons. The van der Waals surface area contributed by atoms with Gasteiger partial charge in [-0.05, 0) is 6.07 Å². The molecular formula is C12H6Cl2N2O4. The smallest absolute Gasteiger partial charge is 0.313 e. The van der Waals surface area contributed by atoms with Crippen molar-refractivity contribution >= 4 is 35.2 Å². The molecule has 0 atom stereocenters. The van der Waals surface area contributed by atoms with E-state index in [1.54, 1.807) is 0 Å². The molecule has 0 fully saturated rings. The van der Waals surface area contributed by atoms with Gasteiger partial charge in [-0.1, -0.05) is 23.2 Å². The van der Waals surface area contributed by atoms with E-state index in [0.29, 0.717) is 11.8 Å². The van der Waals surface area contributed by atoms with Crippen LogP contribution in [0.3, 0.4) is 0 Å². The fourth-order valence-corrected chi connectivity index (χ4v) is 1.69. The van der Waals surface area contributed by atoms with Crippen molar-refractivity contribution in [3.8, 4) is 11.6 Å². The minimum absolute atomic E-state index is 0.0509. The standard InChI is InChI=1S/C12H6Cl2N2O4/c13-8-3-10(16(18)19)11(4-9(8)14)20-12-2-1-7(6-17)5-15-12/h1-6H. The molecule has 1 heterocycles. The Hall–Kier alpha value is -2.18. The minimum Gasteiger partial charge on any atom is -0.432 e. The second-order valence-electron chi connectivity index (χ2n) is 3.64. The van der Waals surface area contributed by atoms with Gasteiger partial charge in [0.25, 0.3) is 0 Å². The van der Waals surface area contributed by atoms with Crippen LogP contribution in [0.2, 0.25) is 10.0 Å². The number of aromatic nitrogens is 1. The molecule has 0 aliphatic carbocycles. The molecule has 0 saturated carbocycles. The number of halogens is 2. The molecule has 0 unspecified atom stereocenters. The van der Waals surface area contributed by atoms with Crippen molar-refractivity contribution in [1.29, 1.82) is 0 Å². The van der Waals surface area contributed by atoms with Crippen LogP contribution in [0.5, 0.6) is 11.6 Å². The lowest BCUT2D eigenvalue weighted by atomic mass is 10.3. The molecule has 0 amide bonds. The first-order valence-electron chi connectivity index (χ1n) is 5.24. The normalized spacial score (nSPS) is 10.1. The monoisotopic (exact) mass is 312 g/mol. The summed E-state index contributed by atoms with van der Waals surface area (Å²) in [4.78, 5) is 24.6. The number of nitrogens with zero attached hydrogens (tertiary/aromatic N) is 2. The number of carbonyl (C=O) groups is 1. The van der Waals surface area contributed by atoms with Crippen LogP contribution in [0, 0.1) is 10.1 Å². The average molecular weight is 313 g/mol. The third kappa shape index (κ3) is 3.04. The highest BCUT2D eigenvalue weighted by atomic mass is 35.5. The number of nitro benzene ring substituents is 1. The Morgan fingerprint density at radius 2 is 1.95 bits per heavy atom. The van der Waals surface area contributed by atoms with Crippen LogP contribution in [-0.4, -0.2) is 16.2 Å². The first kappa shape index (κ1) is 14.2. The van der Waals surface area contributed by atoms with Crippen LogP contribution >= 0.6 is 23.2 Å². The lowest BCUT2D eigenvalue weighted by Crippen LogP contribution is -1.95. The fourth-order valence-electron chi connectivity index (χ4n) is 1.38. The van der Waals surface area contributed by atoms with E-state index in [1.165, 1.54) is 24.4 Å². The number of carbonyl (C=O) groups excluding carboxylic acids is 1. The van der Waals surface area contributed by atoms with Gasteiger partial charge in [-0.25, -0.2) is 4.98 Å². The maximum absolute atomic E-state index is 10.9. The van der Waals surface area contributed by atoms with E-state index < -0.39 is 4.92 Å². The Labute approximate surface area is 123 Å². The molecule has 6 nitrogen and oxygen atoms in total. The van der Waals surface area contributed by atoms with Crippen LogP contribution in [0.4, 0.5) is 5.69 Å². The molecule has 2 aromatic rings. The molecular weight excluding hydrogens is 307 g/mol. The number of pyridine rings is 1. The summed E-state index contributed by atoms with van der Waals surface area (Å²) < 4.78 is 5.29. The van der Waals surface area contributed by atoms with E-state index >= 15 is 0 Å². The number of nitro groups is 1. The van der Waals surface area contributed by atoms with E-state index in [0.717, 1.165) is 6.07 Å². The van der Waals surface area contributed by atoms with Crippen molar-refractivity contribution in [2.75, 3.05) is 0 Å². The van der Waals surface area contributed by atoms with Crippen LogP contribution in [0.15, 0.2) is 30.5 Å². The van der Waals surface area contributed by atoms with E-state index in [2.05, 4.69) is 4.98 Å². The van der Waals surface area contributed by atoms with E-state index in [9.17, 15) is 14.9 Å². The van der Waals surface area contributed by atoms with Crippen molar-refractivity contribution in [3.63, 3.8) is 0 Å². The number of hydrogen-bond acceptors (Lipinski definition) is 5. The van der Waals surface area contributed by atoms with Gasteiger partial charge in [-0.3, -0.25) is 14.9 Å². The van der Waals surface area contributed by atoms with Gasteiger partial charge in [-0.2, -0.15) is 0 Å². The predicted molar refractivity (Wildman–Crippen MR) is 72.8 cm³/mol. The zero-order valence-electron chi connectivity index (χ0n) is 9.75. The van der Waals surface area contributed by atoms with Gasteiger partial charge in [0.2, 0.25) is 11.6 Å². The first-order chi connectivity index (χ1) is 9.51. The summed E-state index contributed by atoms with van der Waals surface area (Å²) in [5, 5.41) is 11.1. The Kier molecular flexibility index (Phi) is 4.16. The summed E-state index contributed by atoms with van der Waals surface area (Å²) in [6.45, 7) is 0. The van der Waals surface area contributed by atoms with Gasteiger partial charge >= 0.3 is 5.69 Å². The van der Waals surface area contributed by atoms with Crippen LogP contribution in [0.25, 0.3) is 0 Å². The highest BCUT2D eigenvalue weighted by molar-refractivity contribution is 6.42. The van der Waals surface area contributed by atoms with Gasteiger partial charge in [0.1, 0.15) is 0 Å². The quantitative estimate of drug-likeness (QED) is 0.485. The fraction of sp³-hybridized carbons (Fsp3) is 0. The molecule has 2 rings (SSSR count). The second-order valence-corrected chi connectivity index (χ2v) is 4.46. The van der Waals surface area contributed by atoms with Gasteiger partial charge in [0, 0.05) is 30.0 Å². The van der Waals surface area contributed by atoms with E-state index in [-0.39, 0.29) is 27.4 Å². The first-order valence-corrected chi connectivity index (χ1v) is 5.99. The predicted octanol–water partition coefficient (Wildman–Crippen LogP) is 3.90. The molecule has 0 N–H and O–H groups in total. The summed E-state index contributed by atoms with van der Waals surface area (Å²) >= 11 is 11.5. The third-order valence-corrected chi connectivity index (χ3v) is 3.03. The summed E-state index contributed by atoms with van der Waals surface area (Å²) in [6, 6.07) is 5.21. The van der Waals surface area contributed by atoms with E-state index in [4.69, 9.17) is 27.9 Å². The van der Waals surface area contributed by atoms with Gasteiger partial charge < -0.3 is 4.74 Å². The molecule has 1 aromatic carbocycles. The molecule has 0 aliphatic heterocycles. The maximum atomic E-state index is 10.9. The van der Waals surface area contributed by atoms with Crippen molar-refractivity contribution in [2.45, 2.75) is 0 Å². The minimum atomic E-state index is -0.642. The second kappa shape index (κ2) is 5.85. The highest BCUT2D eigenvalue weighted by Gasteiger charge is 2.19. The molecule has 8 heteroatoms. The zero-order valence-corrected chi connectivity index (χ0v) is 11.3. The maximum Gasteiger partial charge on any atom is 0.313 e. The molecule has 0 spiro atoms. The largest absolute Gasteiger partial charge is 0.432 e. The van der Waals surface area contributed by atoms with Crippen LogP contribution in [-0.2, 0) is 0 Å². The van der Waals surface area contributed by atoms with Gasteiger partial charge in [-0.15, -0.1) is 0 Å². The van der Waals surface area contributed by atoms with Crippen molar-refractivity contribution in [3.05, 3.63) is 56.2 Å². The highest BCUT2D eigenvalue weighted by Crippen LogP contribution is 2.37. The van der Waals surface area contributed by atoms with Gasteiger partial charge in [0.05, 0.1) is 15.0 Å². The Balaban J connectivity index is 2.38. The summed E-state index contributed by atoms with van der Waals surface area (Å²) in [7, 11) is 0. The Morgan fingerprint density at radius 1 is 1.25 bits per heavy atom. The zero-order chi connectivity index (χ0) is 14.7. The van der Waals surface area contributed by atoms with E-state index in [1.807, 2.05) is 0 Å². The van der Waals surface area contributed by atoms with Crippen LogP contribution < -0.4 is 4.74 Å².